The molecule has 0 unspecified atom stereocenters. The molecule has 1 amide bonds. The first-order chi connectivity index (χ1) is 13.1. The van der Waals surface area contributed by atoms with Crippen LogP contribution in [0, 0.1) is 0 Å². The van der Waals surface area contributed by atoms with Crippen molar-refractivity contribution in [2.45, 2.75) is 61.9 Å². The van der Waals surface area contributed by atoms with Gasteiger partial charge in [-0.1, -0.05) is 43.2 Å². The fourth-order valence-electron chi connectivity index (χ4n) is 3.30. The average molecular weight is 389 g/mol. The molecule has 6 nitrogen and oxygen atoms in total. The number of hydrogen-bond acceptors (Lipinski definition) is 5. The van der Waals surface area contributed by atoms with Crippen LogP contribution in [0.4, 0.5) is 0 Å². The fraction of sp³-hybridized carbons (Fsp3) is 0.550. The minimum atomic E-state index is -0.191. The summed E-state index contributed by atoms with van der Waals surface area (Å²) in [5.41, 5.74) is 1.14. The number of ether oxygens (including phenoxy) is 1. The summed E-state index contributed by atoms with van der Waals surface area (Å²) in [6.07, 6.45) is 6.59. The zero-order valence-electron chi connectivity index (χ0n) is 16.3. The number of carbonyl (C=O) groups excluding carboxylic acids is 1. The van der Waals surface area contributed by atoms with Crippen molar-refractivity contribution in [2.75, 3.05) is 7.11 Å². The van der Waals surface area contributed by atoms with Crippen molar-refractivity contribution in [1.82, 2.24) is 20.1 Å². The number of methoxy groups -OCH3 is 1. The molecular weight excluding hydrogens is 360 g/mol. The summed E-state index contributed by atoms with van der Waals surface area (Å²) in [7, 11) is 3.61. The van der Waals surface area contributed by atoms with Gasteiger partial charge in [-0.2, -0.15) is 0 Å². The van der Waals surface area contributed by atoms with E-state index in [1.54, 1.807) is 7.11 Å². The minimum Gasteiger partial charge on any atom is -0.497 e. The van der Waals surface area contributed by atoms with Crippen LogP contribution >= 0.6 is 11.8 Å². The van der Waals surface area contributed by atoms with Gasteiger partial charge in [-0.25, -0.2) is 0 Å². The summed E-state index contributed by atoms with van der Waals surface area (Å²) in [4.78, 5) is 12.5. The zero-order chi connectivity index (χ0) is 19.2. The van der Waals surface area contributed by atoms with Gasteiger partial charge in [0.1, 0.15) is 11.6 Å². The third kappa shape index (κ3) is 5.25. The van der Waals surface area contributed by atoms with Gasteiger partial charge in [0.25, 0.3) is 0 Å². The Labute approximate surface area is 165 Å². The lowest BCUT2D eigenvalue weighted by molar-refractivity contribution is -0.121. The summed E-state index contributed by atoms with van der Waals surface area (Å²) in [5, 5.41) is 12.4. The van der Waals surface area contributed by atoms with Gasteiger partial charge in [0.15, 0.2) is 5.16 Å². The normalized spacial score (nSPS) is 16.1. The SMILES string of the molecule is COc1ccc(Cc2nnc(S[C@@H](C)C(=O)NC3CCCCC3)n2C)cc1. The molecular formula is C20H28N4O2S. The third-order valence-electron chi connectivity index (χ3n) is 5.05. The highest BCUT2D eigenvalue weighted by Gasteiger charge is 2.22. The molecule has 0 aliphatic heterocycles. The molecule has 1 aromatic heterocycles. The second kappa shape index (κ2) is 9.26. The number of thioether (sulfide) groups is 1. The summed E-state index contributed by atoms with van der Waals surface area (Å²) >= 11 is 1.46. The Bertz CT molecular complexity index is 754. The molecule has 146 valence electrons. The van der Waals surface area contributed by atoms with Gasteiger partial charge < -0.3 is 14.6 Å². The number of aromatic nitrogens is 3. The molecule has 1 aliphatic rings. The van der Waals surface area contributed by atoms with Crippen LogP contribution in [0.3, 0.4) is 0 Å². The van der Waals surface area contributed by atoms with E-state index in [9.17, 15) is 4.79 Å². The van der Waals surface area contributed by atoms with Crippen LogP contribution in [0.15, 0.2) is 29.4 Å². The zero-order valence-corrected chi connectivity index (χ0v) is 17.1. The summed E-state index contributed by atoms with van der Waals surface area (Å²) in [6, 6.07) is 8.28. The Hall–Kier alpha value is -2.02. The third-order valence-corrected chi connectivity index (χ3v) is 6.18. The van der Waals surface area contributed by atoms with Gasteiger partial charge in [0.05, 0.1) is 12.4 Å². The van der Waals surface area contributed by atoms with E-state index in [1.807, 2.05) is 42.8 Å². The number of nitrogens with one attached hydrogen (secondary N) is 1. The Morgan fingerprint density at radius 3 is 2.63 bits per heavy atom. The summed E-state index contributed by atoms with van der Waals surface area (Å²) in [5.74, 6) is 1.81. The number of amides is 1. The van der Waals surface area contributed by atoms with Gasteiger partial charge >= 0.3 is 0 Å². The molecule has 7 heteroatoms. The largest absolute Gasteiger partial charge is 0.497 e. The first kappa shape index (κ1) is 19.7. The highest BCUT2D eigenvalue weighted by atomic mass is 32.2. The van der Waals surface area contributed by atoms with Crippen molar-refractivity contribution in [2.24, 2.45) is 7.05 Å². The van der Waals surface area contributed by atoms with Crippen LogP contribution in [0.2, 0.25) is 0 Å². The van der Waals surface area contributed by atoms with E-state index >= 15 is 0 Å². The highest BCUT2D eigenvalue weighted by molar-refractivity contribution is 8.00. The Morgan fingerprint density at radius 1 is 1.26 bits per heavy atom. The number of rotatable bonds is 7. The van der Waals surface area contributed by atoms with Gasteiger partial charge in [-0.3, -0.25) is 4.79 Å². The first-order valence-corrected chi connectivity index (χ1v) is 10.4. The molecule has 27 heavy (non-hydrogen) atoms. The van der Waals surface area contributed by atoms with E-state index in [0.29, 0.717) is 12.5 Å². The van der Waals surface area contributed by atoms with Crippen molar-refractivity contribution in [3.63, 3.8) is 0 Å². The second-order valence-corrected chi connectivity index (χ2v) is 8.39. The summed E-state index contributed by atoms with van der Waals surface area (Å²) < 4.78 is 7.16. The van der Waals surface area contributed by atoms with Crippen LogP contribution in [-0.2, 0) is 18.3 Å². The van der Waals surface area contributed by atoms with Gasteiger partial charge in [0.2, 0.25) is 5.91 Å². The van der Waals surface area contributed by atoms with E-state index in [4.69, 9.17) is 4.74 Å². The van der Waals surface area contributed by atoms with Crippen LogP contribution in [0.25, 0.3) is 0 Å². The molecule has 0 bridgehead atoms. The maximum atomic E-state index is 12.5. The Morgan fingerprint density at radius 2 is 1.96 bits per heavy atom. The molecule has 1 aliphatic carbocycles. The van der Waals surface area contributed by atoms with Crippen LogP contribution in [-0.4, -0.2) is 39.1 Å². The van der Waals surface area contributed by atoms with Gasteiger partial charge in [-0.05, 0) is 37.5 Å². The molecule has 1 heterocycles. The van der Waals surface area contributed by atoms with Crippen molar-refractivity contribution in [3.05, 3.63) is 35.7 Å². The van der Waals surface area contributed by atoms with Crippen molar-refractivity contribution >= 4 is 17.7 Å². The lowest BCUT2D eigenvalue weighted by Crippen LogP contribution is -2.40. The number of nitrogens with zero attached hydrogens (tertiary/aromatic N) is 3. The fourth-order valence-corrected chi connectivity index (χ4v) is 4.15. The van der Waals surface area contributed by atoms with E-state index in [1.165, 1.54) is 31.0 Å². The minimum absolute atomic E-state index is 0.0894. The lowest BCUT2D eigenvalue weighted by Gasteiger charge is -2.24. The maximum Gasteiger partial charge on any atom is 0.233 e. The first-order valence-electron chi connectivity index (χ1n) is 9.55. The summed E-state index contributed by atoms with van der Waals surface area (Å²) in [6.45, 7) is 1.93. The van der Waals surface area contributed by atoms with E-state index < -0.39 is 0 Å². The molecule has 1 atom stereocenters. The average Bonchev–Trinajstić information content (AvgIpc) is 3.03. The van der Waals surface area contributed by atoms with Crippen LogP contribution < -0.4 is 10.1 Å². The van der Waals surface area contributed by atoms with E-state index in [-0.39, 0.29) is 11.2 Å². The quantitative estimate of drug-likeness (QED) is 0.737. The molecule has 0 radical (unpaired) electrons. The lowest BCUT2D eigenvalue weighted by atomic mass is 9.95. The predicted molar refractivity (Wildman–Crippen MR) is 107 cm³/mol. The Balaban J connectivity index is 1.57. The van der Waals surface area contributed by atoms with Crippen molar-refractivity contribution < 1.29 is 9.53 Å². The molecule has 1 fully saturated rings. The predicted octanol–water partition coefficient (Wildman–Crippen LogP) is 3.34. The standard InChI is InChI=1S/C20H28N4O2S/c1-14(19(25)21-16-7-5-4-6-8-16)27-20-23-22-18(24(20)2)13-15-9-11-17(26-3)12-10-15/h9-12,14,16H,4-8,13H2,1-3H3,(H,21,25)/t14-/m0/s1. The number of carbonyl (C=O) groups is 1. The second-order valence-electron chi connectivity index (χ2n) is 7.09. The molecule has 1 aromatic carbocycles. The molecule has 0 saturated heterocycles. The molecule has 2 aromatic rings. The van der Waals surface area contributed by atoms with E-state index in [0.717, 1.165) is 35.1 Å². The topological polar surface area (TPSA) is 69.0 Å². The number of benzene rings is 1. The van der Waals surface area contributed by atoms with Crippen LogP contribution in [0.1, 0.15) is 50.4 Å². The monoisotopic (exact) mass is 388 g/mol. The van der Waals surface area contributed by atoms with Gasteiger partial charge in [-0.15, -0.1) is 10.2 Å². The molecule has 1 N–H and O–H groups in total. The van der Waals surface area contributed by atoms with Crippen molar-refractivity contribution in [3.8, 4) is 5.75 Å². The highest BCUT2D eigenvalue weighted by Crippen LogP contribution is 2.24. The number of hydrogen-bond donors (Lipinski definition) is 1. The van der Waals surface area contributed by atoms with Crippen molar-refractivity contribution in [1.29, 1.82) is 0 Å². The maximum absolute atomic E-state index is 12.5. The molecule has 0 spiro atoms. The molecule has 3 rings (SSSR count). The molecule has 1 saturated carbocycles. The van der Waals surface area contributed by atoms with Crippen LogP contribution in [0.5, 0.6) is 5.75 Å². The smallest absolute Gasteiger partial charge is 0.233 e. The van der Waals surface area contributed by atoms with E-state index in [2.05, 4.69) is 15.5 Å². The Kier molecular flexibility index (Phi) is 6.77. The van der Waals surface area contributed by atoms with Gasteiger partial charge in [0, 0.05) is 19.5 Å².